The molecule has 3 heterocycles. The average molecular weight is 236 g/mol. The molecule has 2 aliphatic heterocycles. The highest BCUT2D eigenvalue weighted by Crippen LogP contribution is 2.25. The van der Waals surface area contributed by atoms with E-state index in [1.807, 2.05) is 11.3 Å². The average Bonchev–Trinajstić information content (AvgIpc) is 2.95. The van der Waals surface area contributed by atoms with Gasteiger partial charge in [-0.25, -0.2) is 0 Å². The number of thiophene rings is 1. The summed E-state index contributed by atoms with van der Waals surface area (Å²) in [4.78, 5) is 4.18. The molecule has 2 atom stereocenters. The number of hydrogen-bond acceptors (Lipinski definition) is 3. The number of fused-ring (bicyclic) bond motifs is 1. The van der Waals surface area contributed by atoms with Gasteiger partial charge in [-0.2, -0.15) is 0 Å². The van der Waals surface area contributed by atoms with Gasteiger partial charge in [-0.3, -0.25) is 0 Å². The Bertz CT molecular complexity index is 309. The van der Waals surface area contributed by atoms with Gasteiger partial charge >= 0.3 is 0 Å². The molecule has 1 aromatic heterocycles. The Morgan fingerprint density at radius 1 is 1.44 bits per heavy atom. The maximum atomic E-state index is 3.67. The summed E-state index contributed by atoms with van der Waals surface area (Å²) in [5.74, 6) is 0.928. The van der Waals surface area contributed by atoms with Crippen molar-refractivity contribution in [2.75, 3.05) is 26.2 Å². The van der Waals surface area contributed by atoms with Gasteiger partial charge in [0.2, 0.25) is 0 Å². The maximum absolute atomic E-state index is 3.67. The van der Waals surface area contributed by atoms with Crippen molar-refractivity contribution in [3.8, 4) is 0 Å². The minimum atomic E-state index is 0.789. The van der Waals surface area contributed by atoms with Crippen LogP contribution < -0.4 is 5.32 Å². The largest absolute Gasteiger partial charge is 0.312 e. The minimum absolute atomic E-state index is 0.789. The van der Waals surface area contributed by atoms with Crippen LogP contribution in [0.5, 0.6) is 0 Å². The van der Waals surface area contributed by atoms with Gasteiger partial charge in [0.1, 0.15) is 0 Å². The first kappa shape index (κ1) is 10.8. The van der Waals surface area contributed by atoms with Crippen LogP contribution in [0.1, 0.15) is 17.7 Å². The van der Waals surface area contributed by atoms with Crippen molar-refractivity contribution >= 4 is 11.3 Å². The molecule has 88 valence electrons. The predicted octanol–water partition coefficient (Wildman–Crippen LogP) is 1.97. The molecule has 0 aromatic carbocycles. The van der Waals surface area contributed by atoms with Gasteiger partial charge in [-0.15, -0.1) is 11.3 Å². The third-order valence-corrected chi connectivity index (χ3v) is 4.87. The maximum Gasteiger partial charge on any atom is 0.0235 e. The smallest absolute Gasteiger partial charge is 0.0235 e. The second-order valence-electron chi connectivity index (χ2n) is 5.05. The molecule has 2 aliphatic rings. The SMILES string of the molecule is c1csc(CCN2CC3CCCNC3C2)c1. The topological polar surface area (TPSA) is 15.3 Å². The Morgan fingerprint density at radius 3 is 3.25 bits per heavy atom. The Labute approximate surface area is 102 Å². The molecule has 0 radical (unpaired) electrons. The molecule has 2 saturated heterocycles. The molecule has 1 aromatic rings. The van der Waals surface area contributed by atoms with Crippen molar-refractivity contribution in [3.63, 3.8) is 0 Å². The summed E-state index contributed by atoms with van der Waals surface area (Å²) in [6.45, 7) is 5.08. The number of nitrogens with zero attached hydrogens (tertiary/aromatic N) is 1. The molecule has 0 saturated carbocycles. The molecule has 0 spiro atoms. The Kier molecular flexibility index (Phi) is 3.27. The van der Waals surface area contributed by atoms with E-state index in [1.54, 1.807) is 0 Å². The number of likely N-dealkylation sites (tertiary alicyclic amines) is 1. The van der Waals surface area contributed by atoms with Crippen LogP contribution >= 0.6 is 11.3 Å². The molecular weight excluding hydrogens is 216 g/mol. The summed E-state index contributed by atoms with van der Waals surface area (Å²) in [7, 11) is 0. The van der Waals surface area contributed by atoms with E-state index in [4.69, 9.17) is 0 Å². The summed E-state index contributed by atoms with van der Waals surface area (Å²) < 4.78 is 0. The zero-order chi connectivity index (χ0) is 10.8. The highest BCUT2D eigenvalue weighted by molar-refractivity contribution is 7.09. The van der Waals surface area contributed by atoms with Crippen LogP contribution in [0.25, 0.3) is 0 Å². The van der Waals surface area contributed by atoms with Gasteiger partial charge in [0.25, 0.3) is 0 Å². The summed E-state index contributed by atoms with van der Waals surface area (Å²) in [6, 6.07) is 5.20. The van der Waals surface area contributed by atoms with E-state index in [0.717, 1.165) is 12.0 Å². The molecule has 2 unspecified atom stereocenters. The van der Waals surface area contributed by atoms with Crippen LogP contribution in [0.4, 0.5) is 0 Å². The first-order valence-electron chi connectivity index (χ1n) is 6.40. The lowest BCUT2D eigenvalue weighted by molar-refractivity contribution is 0.323. The van der Waals surface area contributed by atoms with Gasteiger partial charge in [-0.1, -0.05) is 6.07 Å². The van der Waals surface area contributed by atoms with Crippen LogP contribution in [0.2, 0.25) is 0 Å². The summed E-state index contributed by atoms with van der Waals surface area (Å²) in [5.41, 5.74) is 0. The van der Waals surface area contributed by atoms with Crippen molar-refractivity contribution in [1.29, 1.82) is 0 Å². The van der Waals surface area contributed by atoms with Crippen molar-refractivity contribution in [2.24, 2.45) is 5.92 Å². The second kappa shape index (κ2) is 4.86. The molecule has 1 N–H and O–H groups in total. The van der Waals surface area contributed by atoms with Crippen LogP contribution in [-0.2, 0) is 6.42 Å². The fraction of sp³-hybridized carbons (Fsp3) is 0.692. The Morgan fingerprint density at radius 2 is 2.44 bits per heavy atom. The summed E-state index contributed by atoms with van der Waals surface area (Å²) >= 11 is 1.89. The summed E-state index contributed by atoms with van der Waals surface area (Å²) in [5, 5.41) is 5.85. The minimum Gasteiger partial charge on any atom is -0.312 e. The predicted molar refractivity (Wildman–Crippen MR) is 69.0 cm³/mol. The molecule has 3 heteroatoms. The van der Waals surface area contributed by atoms with Crippen molar-refractivity contribution in [3.05, 3.63) is 22.4 Å². The number of hydrogen-bond donors (Lipinski definition) is 1. The normalized spacial score (nSPS) is 30.5. The van der Waals surface area contributed by atoms with Crippen molar-refractivity contribution < 1.29 is 0 Å². The monoisotopic (exact) mass is 236 g/mol. The number of nitrogens with one attached hydrogen (secondary N) is 1. The lowest BCUT2D eigenvalue weighted by Crippen LogP contribution is -2.40. The zero-order valence-corrected chi connectivity index (χ0v) is 10.5. The van der Waals surface area contributed by atoms with Crippen LogP contribution in [0, 0.1) is 5.92 Å². The van der Waals surface area contributed by atoms with Crippen molar-refractivity contribution in [1.82, 2.24) is 10.2 Å². The fourth-order valence-corrected chi connectivity index (χ4v) is 3.74. The fourth-order valence-electron chi connectivity index (χ4n) is 3.04. The lowest BCUT2D eigenvalue weighted by Gasteiger charge is -2.24. The van der Waals surface area contributed by atoms with E-state index < -0.39 is 0 Å². The van der Waals surface area contributed by atoms with Crippen LogP contribution in [0.15, 0.2) is 17.5 Å². The highest BCUT2D eigenvalue weighted by atomic mass is 32.1. The molecule has 3 rings (SSSR count). The standard InChI is InChI=1S/C13H20N2S/c1-3-11-9-15(10-13(11)14-6-1)7-5-12-4-2-8-16-12/h2,4,8,11,13-14H,1,3,5-7,9-10H2. The molecule has 0 bridgehead atoms. The second-order valence-corrected chi connectivity index (χ2v) is 6.08. The molecule has 2 fully saturated rings. The van der Waals surface area contributed by atoms with Gasteiger partial charge in [0.05, 0.1) is 0 Å². The molecule has 0 amide bonds. The van der Waals surface area contributed by atoms with Crippen LogP contribution in [-0.4, -0.2) is 37.1 Å². The Balaban J connectivity index is 1.50. The van der Waals surface area contributed by atoms with E-state index in [2.05, 4.69) is 27.7 Å². The van der Waals surface area contributed by atoms with Gasteiger partial charge in [0, 0.05) is 30.6 Å². The first-order valence-corrected chi connectivity index (χ1v) is 7.28. The van der Waals surface area contributed by atoms with Crippen LogP contribution in [0.3, 0.4) is 0 Å². The third kappa shape index (κ3) is 2.31. The zero-order valence-electron chi connectivity index (χ0n) is 9.69. The van der Waals surface area contributed by atoms with Gasteiger partial charge in [-0.05, 0) is 43.2 Å². The number of piperidine rings is 1. The quantitative estimate of drug-likeness (QED) is 0.863. The van der Waals surface area contributed by atoms with E-state index in [0.29, 0.717) is 0 Å². The third-order valence-electron chi connectivity index (χ3n) is 3.93. The molecular formula is C13H20N2S. The number of rotatable bonds is 3. The van der Waals surface area contributed by atoms with Crippen molar-refractivity contribution in [2.45, 2.75) is 25.3 Å². The molecule has 0 aliphatic carbocycles. The van der Waals surface area contributed by atoms with E-state index in [-0.39, 0.29) is 0 Å². The highest BCUT2D eigenvalue weighted by Gasteiger charge is 2.33. The summed E-state index contributed by atoms with van der Waals surface area (Å²) in [6.07, 6.45) is 4.05. The Hall–Kier alpha value is -0.380. The van der Waals surface area contributed by atoms with Gasteiger partial charge < -0.3 is 10.2 Å². The first-order chi connectivity index (χ1) is 7.92. The van der Waals surface area contributed by atoms with Gasteiger partial charge in [0.15, 0.2) is 0 Å². The lowest BCUT2D eigenvalue weighted by atomic mass is 9.94. The molecule has 2 nitrogen and oxygen atoms in total. The molecule has 16 heavy (non-hydrogen) atoms. The van der Waals surface area contributed by atoms with E-state index in [9.17, 15) is 0 Å². The van der Waals surface area contributed by atoms with E-state index in [1.165, 1.54) is 50.3 Å². The van der Waals surface area contributed by atoms with E-state index >= 15 is 0 Å².